The number of aromatic nitrogens is 1. The molecule has 4 nitrogen and oxygen atoms in total. The summed E-state index contributed by atoms with van der Waals surface area (Å²) in [4.78, 5) is 3.69. The Bertz CT molecular complexity index is 706. The van der Waals surface area contributed by atoms with E-state index in [4.69, 9.17) is 0 Å². The SMILES string of the molecule is CC(NS(=O)(=O)c1ccc(F)c(F)c1)c1ccccn1. The molecular formula is C13H12F2N2O2S. The second-order valence-electron chi connectivity index (χ2n) is 4.17. The van der Waals surface area contributed by atoms with Gasteiger partial charge in [0.2, 0.25) is 10.0 Å². The smallest absolute Gasteiger partial charge is 0.241 e. The fourth-order valence-electron chi connectivity index (χ4n) is 1.64. The molecule has 1 aromatic heterocycles. The number of rotatable bonds is 4. The number of hydrogen-bond donors (Lipinski definition) is 1. The van der Waals surface area contributed by atoms with Crippen LogP contribution in [0.1, 0.15) is 18.7 Å². The molecule has 0 radical (unpaired) electrons. The molecule has 7 heteroatoms. The van der Waals surface area contributed by atoms with Crippen molar-refractivity contribution in [2.45, 2.75) is 17.9 Å². The number of nitrogens with zero attached hydrogens (tertiary/aromatic N) is 1. The molecule has 0 aliphatic heterocycles. The highest BCUT2D eigenvalue weighted by molar-refractivity contribution is 7.89. The van der Waals surface area contributed by atoms with Gasteiger partial charge in [-0.25, -0.2) is 21.9 Å². The quantitative estimate of drug-likeness (QED) is 0.943. The van der Waals surface area contributed by atoms with E-state index in [2.05, 4.69) is 9.71 Å². The van der Waals surface area contributed by atoms with E-state index in [0.29, 0.717) is 11.8 Å². The van der Waals surface area contributed by atoms with Gasteiger partial charge in [0.05, 0.1) is 16.6 Å². The zero-order valence-corrected chi connectivity index (χ0v) is 11.4. The van der Waals surface area contributed by atoms with E-state index in [1.165, 1.54) is 6.20 Å². The first-order chi connectivity index (χ1) is 9.40. The van der Waals surface area contributed by atoms with Gasteiger partial charge in [-0.2, -0.15) is 0 Å². The number of sulfonamides is 1. The standard InChI is InChI=1S/C13H12F2N2O2S/c1-9(13-4-2-3-7-16-13)17-20(18,19)10-5-6-11(14)12(15)8-10/h2-9,17H,1H3. The Balaban J connectivity index is 2.25. The molecular weight excluding hydrogens is 286 g/mol. The fraction of sp³-hybridized carbons (Fsp3) is 0.154. The van der Waals surface area contributed by atoms with E-state index in [0.717, 1.165) is 12.1 Å². The van der Waals surface area contributed by atoms with Crippen LogP contribution >= 0.6 is 0 Å². The lowest BCUT2D eigenvalue weighted by molar-refractivity contribution is 0.503. The van der Waals surface area contributed by atoms with E-state index in [-0.39, 0.29) is 4.90 Å². The molecule has 0 spiro atoms. The average Bonchev–Trinajstić information content (AvgIpc) is 2.42. The summed E-state index contributed by atoms with van der Waals surface area (Å²) in [6.07, 6.45) is 1.54. The largest absolute Gasteiger partial charge is 0.260 e. The van der Waals surface area contributed by atoms with Crippen LogP contribution in [0, 0.1) is 11.6 Å². The molecule has 0 bridgehead atoms. The monoisotopic (exact) mass is 298 g/mol. The second-order valence-corrected chi connectivity index (χ2v) is 5.89. The molecule has 1 heterocycles. The molecule has 1 unspecified atom stereocenters. The first-order valence-electron chi connectivity index (χ1n) is 5.78. The molecule has 2 rings (SSSR count). The van der Waals surface area contributed by atoms with Crippen LogP contribution in [0.4, 0.5) is 8.78 Å². The minimum Gasteiger partial charge on any atom is -0.260 e. The summed E-state index contributed by atoms with van der Waals surface area (Å²) in [5, 5.41) is 0. The van der Waals surface area contributed by atoms with Gasteiger partial charge in [0.1, 0.15) is 0 Å². The molecule has 0 amide bonds. The molecule has 0 fully saturated rings. The van der Waals surface area contributed by atoms with Crippen molar-refractivity contribution in [2.75, 3.05) is 0 Å². The second kappa shape index (κ2) is 5.64. The van der Waals surface area contributed by atoms with Crippen LogP contribution in [0.3, 0.4) is 0 Å². The van der Waals surface area contributed by atoms with E-state index < -0.39 is 27.7 Å². The molecule has 0 aliphatic rings. The lowest BCUT2D eigenvalue weighted by Gasteiger charge is -2.13. The topological polar surface area (TPSA) is 59.1 Å². The molecule has 0 saturated heterocycles. The first-order valence-corrected chi connectivity index (χ1v) is 7.27. The maximum atomic E-state index is 13.1. The van der Waals surface area contributed by atoms with Gasteiger partial charge in [0, 0.05) is 6.20 Å². The third-order valence-electron chi connectivity index (χ3n) is 2.66. The highest BCUT2D eigenvalue weighted by Gasteiger charge is 2.20. The summed E-state index contributed by atoms with van der Waals surface area (Å²) in [6, 6.07) is 6.93. The van der Waals surface area contributed by atoms with Crippen LogP contribution in [-0.2, 0) is 10.0 Å². The summed E-state index contributed by atoms with van der Waals surface area (Å²) >= 11 is 0. The first kappa shape index (κ1) is 14.5. The Morgan fingerprint density at radius 3 is 2.50 bits per heavy atom. The van der Waals surface area contributed by atoms with Gasteiger partial charge in [0.25, 0.3) is 0 Å². The van der Waals surface area contributed by atoms with Gasteiger partial charge in [-0.05, 0) is 37.3 Å². The van der Waals surface area contributed by atoms with Crippen molar-refractivity contribution in [3.8, 4) is 0 Å². The summed E-state index contributed by atoms with van der Waals surface area (Å²) in [7, 11) is -3.94. The number of pyridine rings is 1. The van der Waals surface area contributed by atoms with Crippen LogP contribution in [0.2, 0.25) is 0 Å². The number of benzene rings is 1. The van der Waals surface area contributed by atoms with Gasteiger partial charge < -0.3 is 0 Å². The van der Waals surface area contributed by atoms with Crippen LogP contribution in [-0.4, -0.2) is 13.4 Å². The molecule has 0 aliphatic carbocycles. The van der Waals surface area contributed by atoms with Crippen molar-refractivity contribution in [1.82, 2.24) is 9.71 Å². The summed E-state index contributed by atoms with van der Waals surface area (Å²) in [5.74, 6) is -2.31. The predicted octanol–water partition coefficient (Wildman–Crippen LogP) is 2.40. The van der Waals surface area contributed by atoms with Crippen molar-refractivity contribution < 1.29 is 17.2 Å². The summed E-state index contributed by atoms with van der Waals surface area (Å²) in [5.41, 5.74) is 0.527. The molecule has 106 valence electrons. The molecule has 1 aromatic carbocycles. The number of nitrogens with one attached hydrogen (secondary N) is 1. The normalized spacial score (nSPS) is 13.2. The summed E-state index contributed by atoms with van der Waals surface area (Å²) in [6.45, 7) is 1.61. The summed E-state index contributed by atoms with van der Waals surface area (Å²) < 4.78 is 52.4. The third-order valence-corrected chi connectivity index (χ3v) is 4.20. The number of halogens is 2. The molecule has 0 saturated carbocycles. The van der Waals surface area contributed by atoms with Crippen LogP contribution in [0.5, 0.6) is 0 Å². The van der Waals surface area contributed by atoms with Gasteiger partial charge >= 0.3 is 0 Å². The maximum Gasteiger partial charge on any atom is 0.241 e. The Kier molecular flexibility index (Phi) is 4.10. The Labute approximate surface area is 115 Å². The Morgan fingerprint density at radius 2 is 1.90 bits per heavy atom. The van der Waals surface area contributed by atoms with Gasteiger partial charge in [-0.15, -0.1) is 0 Å². The van der Waals surface area contributed by atoms with Gasteiger partial charge in [-0.3, -0.25) is 4.98 Å². The van der Waals surface area contributed by atoms with E-state index in [1.54, 1.807) is 25.1 Å². The predicted molar refractivity (Wildman–Crippen MR) is 69.3 cm³/mol. The molecule has 20 heavy (non-hydrogen) atoms. The molecule has 2 aromatic rings. The minimum atomic E-state index is -3.94. The average molecular weight is 298 g/mol. The fourth-order valence-corrected chi connectivity index (χ4v) is 2.87. The lowest BCUT2D eigenvalue weighted by Crippen LogP contribution is -2.27. The Morgan fingerprint density at radius 1 is 1.15 bits per heavy atom. The van der Waals surface area contributed by atoms with Gasteiger partial charge in [-0.1, -0.05) is 6.07 Å². The van der Waals surface area contributed by atoms with Crippen LogP contribution in [0.15, 0.2) is 47.5 Å². The zero-order chi connectivity index (χ0) is 14.8. The highest BCUT2D eigenvalue weighted by atomic mass is 32.2. The number of hydrogen-bond acceptors (Lipinski definition) is 3. The van der Waals surface area contributed by atoms with Crippen molar-refractivity contribution in [3.05, 3.63) is 59.9 Å². The minimum absolute atomic E-state index is 0.334. The zero-order valence-electron chi connectivity index (χ0n) is 10.5. The van der Waals surface area contributed by atoms with Crippen molar-refractivity contribution in [3.63, 3.8) is 0 Å². The van der Waals surface area contributed by atoms with E-state index >= 15 is 0 Å². The highest BCUT2D eigenvalue weighted by Crippen LogP contribution is 2.17. The van der Waals surface area contributed by atoms with Crippen molar-refractivity contribution in [1.29, 1.82) is 0 Å². The van der Waals surface area contributed by atoms with Crippen LogP contribution < -0.4 is 4.72 Å². The maximum absolute atomic E-state index is 13.1. The van der Waals surface area contributed by atoms with E-state index in [9.17, 15) is 17.2 Å². The lowest BCUT2D eigenvalue weighted by atomic mass is 10.2. The third kappa shape index (κ3) is 3.17. The van der Waals surface area contributed by atoms with Gasteiger partial charge in [0.15, 0.2) is 11.6 Å². The molecule has 1 atom stereocenters. The van der Waals surface area contributed by atoms with E-state index in [1.807, 2.05) is 0 Å². The van der Waals surface area contributed by atoms with Crippen molar-refractivity contribution in [2.24, 2.45) is 0 Å². The van der Waals surface area contributed by atoms with Crippen molar-refractivity contribution >= 4 is 10.0 Å². The Hall–Kier alpha value is -1.86. The van der Waals surface area contributed by atoms with Crippen LogP contribution in [0.25, 0.3) is 0 Å². The molecule has 1 N–H and O–H groups in total.